The van der Waals surface area contributed by atoms with Crippen LogP contribution in [0.2, 0.25) is 0 Å². The Balaban J connectivity index is 1.42. The molecule has 4 aliphatic heterocycles. The van der Waals surface area contributed by atoms with Crippen molar-refractivity contribution in [2.75, 3.05) is 38.3 Å². The zero-order chi connectivity index (χ0) is 30.9. The molecule has 0 bridgehead atoms. The molecule has 6 rings (SSSR count). The molecule has 2 aromatic rings. The van der Waals surface area contributed by atoms with Gasteiger partial charge in [0.05, 0.1) is 24.5 Å². The Hall–Kier alpha value is -3.95. The van der Waals surface area contributed by atoms with Crippen molar-refractivity contribution in [1.29, 1.82) is 0 Å². The summed E-state index contributed by atoms with van der Waals surface area (Å²) in [5.74, 6) is -1.55. The fourth-order valence-corrected chi connectivity index (χ4v) is 7.56. The lowest BCUT2D eigenvalue weighted by Crippen LogP contribution is -2.56. The predicted molar refractivity (Wildman–Crippen MR) is 166 cm³/mol. The molecular formula is C35H41N3O6. The first-order chi connectivity index (χ1) is 21.4. The molecule has 2 saturated heterocycles. The van der Waals surface area contributed by atoms with E-state index in [-0.39, 0.29) is 24.3 Å². The topological polar surface area (TPSA) is 99.6 Å². The highest BCUT2D eigenvalue weighted by Gasteiger charge is 2.75. The zero-order valence-corrected chi connectivity index (χ0v) is 25.4. The lowest BCUT2D eigenvalue weighted by atomic mass is 9.73. The van der Waals surface area contributed by atoms with Gasteiger partial charge in [-0.1, -0.05) is 61.6 Å². The number of aliphatic hydroxyl groups is 1. The smallest absolute Gasteiger partial charge is 0.253 e. The SMILES string of the molecule is CC[C@]12C=CCN(Cc3ccccc3)C(=O)[C@H]1[C@H]1C(=O)N(CCCCCO)C3C(=O)N(c4ccc(OC)cc4)CC=C[C@@]31O2. The van der Waals surface area contributed by atoms with Crippen LogP contribution in [-0.4, -0.2) is 83.2 Å². The average Bonchev–Trinajstić information content (AvgIpc) is 3.34. The predicted octanol–water partition coefficient (Wildman–Crippen LogP) is 3.72. The number of carbonyl (C=O) groups is 3. The Kier molecular flexibility index (Phi) is 8.35. The molecule has 0 aliphatic carbocycles. The van der Waals surface area contributed by atoms with Crippen LogP contribution in [0.4, 0.5) is 5.69 Å². The van der Waals surface area contributed by atoms with Crippen molar-refractivity contribution in [2.24, 2.45) is 11.8 Å². The number of hydrogen-bond acceptors (Lipinski definition) is 6. The van der Waals surface area contributed by atoms with Crippen LogP contribution >= 0.6 is 0 Å². The molecule has 44 heavy (non-hydrogen) atoms. The quantitative estimate of drug-likeness (QED) is 0.330. The van der Waals surface area contributed by atoms with Crippen molar-refractivity contribution < 1.29 is 29.0 Å². The number of nitrogens with zero attached hydrogens (tertiary/aromatic N) is 3. The van der Waals surface area contributed by atoms with Gasteiger partial charge in [0.2, 0.25) is 11.8 Å². The Labute approximate surface area is 258 Å². The van der Waals surface area contributed by atoms with Gasteiger partial charge >= 0.3 is 0 Å². The zero-order valence-electron chi connectivity index (χ0n) is 25.4. The van der Waals surface area contributed by atoms with Crippen LogP contribution in [0.1, 0.15) is 38.2 Å². The van der Waals surface area contributed by atoms with Gasteiger partial charge in [0.15, 0.2) is 0 Å². The highest BCUT2D eigenvalue weighted by molar-refractivity contribution is 6.06. The number of anilines is 1. The third-order valence-corrected chi connectivity index (χ3v) is 9.68. The van der Waals surface area contributed by atoms with Crippen LogP contribution in [0.15, 0.2) is 78.9 Å². The minimum atomic E-state index is -1.30. The van der Waals surface area contributed by atoms with Crippen molar-refractivity contribution in [3.05, 3.63) is 84.5 Å². The van der Waals surface area contributed by atoms with E-state index in [0.29, 0.717) is 63.3 Å². The standard InChI is InChI=1S/C35H41N3O6/c1-3-34-18-10-20-36(24-25-12-6-4-7-13-25)31(40)28(34)29-32(41)38(21-8-5-9-23-39)30-33(42)37(22-11-19-35(29,30)44-34)26-14-16-27(43-2)17-15-26/h4,6-7,10-19,28-30,39H,3,5,8-9,20-24H2,1-2H3/t28-,29+,30?,34+,35+/m1/s1. The molecule has 4 aliphatic rings. The summed E-state index contributed by atoms with van der Waals surface area (Å²) in [5, 5.41) is 9.35. The maximum atomic E-state index is 14.6. The maximum Gasteiger partial charge on any atom is 0.253 e. The minimum absolute atomic E-state index is 0.0686. The molecule has 9 heteroatoms. The molecule has 0 saturated carbocycles. The van der Waals surface area contributed by atoms with E-state index in [2.05, 4.69) is 0 Å². The van der Waals surface area contributed by atoms with Gasteiger partial charge in [-0.25, -0.2) is 0 Å². The van der Waals surface area contributed by atoms with E-state index in [9.17, 15) is 19.5 Å². The minimum Gasteiger partial charge on any atom is -0.497 e. The number of aliphatic hydroxyl groups excluding tert-OH is 1. The van der Waals surface area contributed by atoms with Crippen LogP contribution in [0.5, 0.6) is 5.75 Å². The largest absolute Gasteiger partial charge is 0.497 e. The van der Waals surface area contributed by atoms with Crippen molar-refractivity contribution in [3.8, 4) is 5.75 Å². The van der Waals surface area contributed by atoms with Crippen molar-refractivity contribution in [1.82, 2.24) is 9.80 Å². The fraction of sp³-hybridized carbons (Fsp3) is 0.457. The number of unbranched alkanes of at least 4 members (excludes halogenated alkanes) is 2. The third-order valence-electron chi connectivity index (χ3n) is 9.68. The van der Waals surface area contributed by atoms with Gasteiger partial charge in [0.25, 0.3) is 5.91 Å². The third kappa shape index (κ3) is 4.92. The summed E-state index contributed by atoms with van der Waals surface area (Å²) in [5.41, 5.74) is -0.629. The first-order valence-electron chi connectivity index (χ1n) is 15.6. The average molecular weight is 600 g/mol. The molecule has 9 nitrogen and oxygen atoms in total. The molecule has 1 unspecified atom stereocenters. The normalized spacial score (nSPS) is 29.4. The number of carbonyl (C=O) groups excluding carboxylic acids is 3. The molecule has 0 aromatic heterocycles. The molecule has 2 fully saturated rings. The highest BCUT2D eigenvalue weighted by Crippen LogP contribution is 2.58. The Morgan fingerprint density at radius 1 is 0.886 bits per heavy atom. The summed E-state index contributed by atoms with van der Waals surface area (Å²) in [4.78, 5) is 48.9. The first kappa shape index (κ1) is 30.1. The molecule has 3 amide bonds. The number of benzene rings is 2. The van der Waals surface area contributed by atoms with Crippen LogP contribution in [0.25, 0.3) is 0 Å². The molecule has 4 heterocycles. The first-order valence-corrected chi connectivity index (χ1v) is 15.6. The number of amides is 3. The van der Waals surface area contributed by atoms with Gasteiger partial charge in [-0.2, -0.15) is 0 Å². The van der Waals surface area contributed by atoms with E-state index in [1.807, 2.05) is 85.8 Å². The maximum absolute atomic E-state index is 14.6. The molecular weight excluding hydrogens is 558 g/mol. The molecule has 0 radical (unpaired) electrons. The van der Waals surface area contributed by atoms with E-state index >= 15 is 0 Å². The summed E-state index contributed by atoms with van der Waals surface area (Å²) in [6, 6.07) is 16.2. The summed E-state index contributed by atoms with van der Waals surface area (Å²) >= 11 is 0. The number of ether oxygens (including phenoxy) is 2. The van der Waals surface area contributed by atoms with E-state index in [1.165, 1.54) is 0 Å². The van der Waals surface area contributed by atoms with E-state index in [1.54, 1.807) is 21.8 Å². The monoisotopic (exact) mass is 599 g/mol. The van der Waals surface area contributed by atoms with Gasteiger partial charge in [0, 0.05) is 38.5 Å². The van der Waals surface area contributed by atoms with Gasteiger partial charge < -0.3 is 29.3 Å². The van der Waals surface area contributed by atoms with Gasteiger partial charge in [-0.05, 0) is 55.5 Å². The summed E-state index contributed by atoms with van der Waals surface area (Å²) < 4.78 is 12.4. The van der Waals surface area contributed by atoms with E-state index < -0.39 is 29.1 Å². The molecule has 5 atom stereocenters. The van der Waals surface area contributed by atoms with E-state index in [4.69, 9.17) is 9.47 Å². The summed E-state index contributed by atoms with van der Waals surface area (Å²) in [7, 11) is 1.59. The molecule has 1 spiro atoms. The van der Waals surface area contributed by atoms with Crippen molar-refractivity contribution in [2.45, 2.75) is 56.4 Å². The van der Waals surface area contributed by atoms with Gasteiger partial charge in [-0.3, -0.25) is 14.4 Å². The van der Waals surface area contributed by atoms with Crippen LogP contribution in [0.3, 0.4) is 0 Å². The molecule has 2 aromatic carbocycles. The van der Waals surface area contributed by atoms with Crippen LogP contribution in [0, 0.1) is 11.8 Å². The summed E-state index contributed by atoms with van der Waals surface area (Å²) in [6.07, 6.45) is 10.2. The Bertz CT molecular complexity index is 1440. The van der Waals surface area contributed by atoms with E-state index in [0.717, 1.165) is 5.56 Å². The molecule has 1 N–H and O–H groups in total. The second-order valence-electron chi connectivity index (χ2n) is 12.1. The number of methoxy groups -OCH3 is 1. The van der Waals surface area contributed by atoms with Crippen molar-refractivity contribution >= 4 is 23.4 Å². The number of hydrogen-bond donors (Lipinski definition) is 1. The summed E-state index contributed by atoms with van der Waals surface area (Å²) in [6.45, 7) is 3.52. The lowest BCUT2D eigenvalue weighted by molar-refractivity contribution is -0.150. The molecule has 232 valence electrons. The van der Waals surface area contributed by atoms with Gasteiger partial charge in [0.1, 0.15) is 17.4 Å². The van der Waals surface area contributed by atoms with Crippen LogP contribution < -0.4 is 9.64 Å². The van der Waals surface area contributed by atoms with Crippen molar-refractivity contribution in [3.63, 3.8) is 0 Å². The second kappa shape index (κ2) is 12.2. The number of rotatable bonds is 10. The Morgan fingerprint density at radius 3 is 2.34 bits per heavy atom. The van der Waals surface area contributed by atoms with Crippen LogP contribution in [-0.2, 0) is 25.7 Å². The lowest BCUT2D eigenvalue weighted by Gasteiger charge is -2.38. The number of fused-ring (bicyclic) bond motifs is 2. The Morgan fingerprint density at radius 2 is 1.64 bits per heavy atom. The fourth-order valence-electron chi connectivity index (χ4n) is 7.56. The second-order valence-corrected chi connectivity index (χ2v) is 12.1. The number of likely N-dealkylation sites (tertiary alicyclic amines) is 1. The highest BCUT2D eigenvalue weighted by atomic mass is 16.5. The van der Waals surface area contributed by atoms with Gasteiger partial charge in [-0.15, -0.1) is 0 Å².